The van der Waals surface area contributed by atoms with Gasteiger partial charge in [-0.05, 0) is 81.8 Å². The number of benzene rings is 2. The third-order valence-corrected chi connectivity index (χ3v) is 5.63. The number of hydrogen-bond donors (Lipinski definition) is 0. The highest BCUT2D eigenvalue weighted by molar-refractivity contribution is 5.25. The van der Waals surface area contributed by atoms with Crippen molar-refractivity contribution in [1.29, 1.82) is 0 Å². The van der Waals surface area contributed by atoms with Crippen molar-refractivity contribution >= 4 is 0 Å². The van der Waals surface area contributed by atoms with Crippen molar-refractivity contribution in [3.63, 3.8) is 0 Å². The maximum Gasteiger partial charge on any atom is -0.00258 e. The molecule has 2 aromatic rings. The minimum Gasteiger partial charge on any atom is -0.0853 e. The van der Waals surface area contributed by atoms with Gasteiger partial charge in [-0.2, -0.15) is 0 Å². The van der Waals surface area contributed by atoms with Gasteiger partial charge in [0, 0.05) is 0 Å². The SMILES string of the molecule is C1=C(CCC2=CCCCC2)CCCC1.c1ccc(Cc2ccccc2)cc1. The Morgan fingerprint density at radius 1 is 0.519 bits per heavy atom. The lowest BCUT2D eigenvalue weighted by Gasteiger charge is -2.16. The van der Waals surface area contributed by atoms with Gasteiger partial charge in [0.15, 0.2) is 0 Å². The van der Waals surface area contributed by atoms with Gasteiger partial charge in [-0.3, -0.25) is 0 Å². The van der Waals surface area contributed by atoms with E-state index in [1.54, 1.807) is 11.1 Å². The van der Waals surface area contributed by atoms with Crippen LogP contribution in [0.3, 0.4) is 0 Å². The summed E-state index contributed by atoms with van der Waals surface area (Å²) in [5.41, 5.74) is 6.22. The molecule has 0 radical (unpaired) electrons. The van der Waals surface area contributed by atoms with Crippen LogP contribution in [-0.4, -0.2) is 0 Å². The van der Waals surface area contributed by atoms with Crippen LogP contribution in [0.5, 0.6) is 0 Å². The fourth-order valence-corrected chi connectivity index (χ4v) is 4.01. The summed E-state index contributed by atoms with van der Waals surface area (Å²) in [6, 6.07) is 21.1. The molecule has 0 N–H and O–H groups in total. The van der Waals surface area contributed by atoms with Gasteiger partial charge in [-0.25, -0.2) is 0 Å². The van der Waals surface area contributed by atoms with Gasteiger partial charge < -0.3 is 0 Å². The van der Waals surface area contributed by atoms with Gasteiger partial charge in [0.2, 0.25) is 0 Å². The minimum atomic E-state index is 1.03. The molecule has 0 aromatic heterocycles. The van der Waals surface area contributed by atoms with Crippen molar-refractivity contribution in [3.05, 3.63) is 95.1 Å². The normalized spacial score (nSPS) is 16.6. The average molecular weight is 359 g/mol. The van der Waals surface area contributed by atoms with Crippen LogP contribution < -0.4 is 0 Å². The smallest absolute Gasteiger partial charge is 0.00258 e. The quantitative estimate of drug-likeness (QED) is 0.474. The van der Waals surface area contributed by atoms with Crippen molar-refractivity contribution in [2.24, 2.45) is 0 Å². The van der Waals surface area contributed by atoms with E-state index in [2.05, 4.69) is 72.8 Å². The summed E-state index contributed by atoms with van der Waals surface area (Å²) < 4.78 is 0. The molecule has 2 aromatic carbocycles. The second-order valence-corrected chi connectivity index (χ2v) is 7.86. The second-order valence-electron chi connectivity index (χ2n) is 7.86. The molecule has 0 unspecified atom stereocenters. The number of rotatable bonds is 5. The van der Waals surface area contributed by atoms with E-state index in [0.717, 1.165) is 6.42 Å². The molecule has 2 aliphatic carbocycles. The summed E-state index contributed by atoms with van der Waals surface area (Å²) in [4.78, 5) is 0. The van der Waals surface area contributed by atoms with E-state index < -0.39 is 0 Å². The fraction of sp³-hybridized carbons (Fsp3) is 0.407. The van der Waals surface area contributed by atoms with Gasteiger partial charge >= 0.3 is 0 Å². The van der Waals surface area contributed by atoms with Crippen LogP contribution in [0, 0.1) is 0 Å². The van der Waals surface area contributed by atoms with Crippen LogP contribution in [0.1, 0.15) is 75.3 Å². The molecule has 0 spiro atoms. The van der Waals surface area contributed by atoms with Crippen molar-refractivity contribution < 1.29 is 0 Å². The molecular formula is C27H34. The summed E-state index contributed by atoms with van der Waals surface area (Å²) in [5, 5.41) is 0. The number of allylic oxidation sites excluding steroid dienone is 4. The summed E-state index contributed by atoms with van der Waals surface area (Å²) >= 11 is 0. The Morgan fingerprint density at radius 3 is 1.33 bits per heavy atom. The summed E-state index contributed by atoms with van der Waals surface area (Å²) in [5.74, 6) is 0. The molecule has 0 fully saturated rings. The van der Waals surface area contributed by atoms with Gasteiger partial charge in [-0.1, -0.05) is 84.0 Å². The Bertz CT molecular complexity index is 643. The third kappa shape index (κ3) is 7.59. The van der Waals surface area contributed by atoms with E-state index >= 15 is 0 Å². The molecule has 4 rings (SSSR count). The monoisotopic (exact) mass is 358 g/mol. The Hall–Kier alpha value is -2.08. The topological polar surface area (TPSA) is 0 Å². The van der Waals surface area contributed by atoms with Crippen LogP contribution in [0.4, 0.5) is 0 Å². The fourth-order valence-electron chi connectivity index (χ4n) is 4.01. The van der Waals surface area contributed by atoms with Gasteiger partial charge in [0.1, 0.15) is 0 Å². The molecule has 2 aliphatic rings. The predicted molar refractivity (Wildman–Crippen MR) is 118 cm³/mol. The van der Waals surface area contributed by atoms with Crippen LogP contribution in [-0.2, 0) is 6.42 Å². The molecule has 0 nitrogen and oxygen atoms in total. The second kappa shape index (κ2) is 11.6. The Morgan fingerprint density at radius 2 is 0.963 bits per heavy atom. The van der Waals surface area contributed by atoms with E-state index in [4.69, 9.17) is 0 Å². The van der Waals surface area contributed by atoms with Gasteiger partial charge in [-0.15, -0.1) is 0 Å². The van der Waals surface area contributed by atoms with Crippen molar-refractivity contribution in [2.75, 3.05) is 0 Å². The Balaban J connectivity index is 0.000000156. The highest BCUT2D eigenvalue weighted by Gasteiger charge is 2.07. The van der Waals surface area contributed by atoms with E-state index in [0.29, 0.717) is 0 Å². The van der Waals surface area contributed by atoms with Crippen LogP contribution in [0.15, 0.2) is 84.0 Å². The molecule has 0 bridgehead atoms. The minimum absolute atomic E-state index is 1.03. The molecule has 27 heavy (non-hydrogen) atoms. The molecule has 0 amide bonds. The highest BCUT2D eigenvalue weighted by atomic mass is 14.1. The molecule has 142 valence electrons. The largest absolute Gasteiger partial charge is 0.0853 e. The Kier molecular flexibility index (Phi) is 8.45. The first-order chi connectivity index (χ1) is 13.4. The molecule has 0 heteroatoms. The lowest BCUT2D eigenvalue weighted by molar-refractivity contribution is 0.644. The third-order valence-electron chi connectivity index (χ3n) is 5.63. The number of hydrogen-bond acceptors (Lipinski definition) is 0. The molecule has 0 heterocycles. The van der Waals surface area contributed by atoms with Crippen molar-refractivity contribution in [3.8, 4) is 0 Å². The van der Waals surface area contributed by atoms with E-state index in [1.807, 2.05) is 0 Å². The molecule has 0 atom stereocenters. The molecule has 0 aliphatic heterocycles. The summed E-state index contributed by atoms with van der Waals surface area (Å²) in [7, 11) is 0. The van der Waals surface area contributed by atoms with E-state index in [1.165, 1.54) is 75.3 Å². The van der Waals surface area contributed by atoms with E-state index in [9.17, 15) is 0 Å². The molecule has 0 saturated heterocycles. The van der Waals surface area contributed by atoms with Crippen molar-refractivity contribution in [2.45, 2.75) is 70.6 Å². The van der Waals surface area contributed by atoms with Gasteiger partial charge in [0.05, 0.1) is 0 Å². The van der Waals surface area contributed by atoms with Crippen LogP contribution in [0.25, 0.3) is 0 Å². The predicted octanol–water partition coefficient (Wildman–Crippen LogP) is 8.04. The first kappa shape index (κ1) is 19.7. The summed E-state index contributed by atoms with van der Waals surface area (Å²) in [6.45, 7) is 0. The van der Waals surface area contributed by atoms with Gasteiger partial charge in [0.25, 0.3) is 0 Å². The standard InChI is InChI=1S/C14H22.C13H12/c1-3-7-13(8-4-1)11-12-14-9-5-2-6-10-14;1-3-7-12(8-4-1)11-13-9-5-2-6-10-13/h7,9H,1-6,8,10-12H2;1-10H,11H2. The maximum absolute atomic E-state index is 2.49. The van der Waals surface area contributed by atoms with Crippen molar-refractivity contribution in [1.82, 2.24) is 0 Å². The molecular weight excluding hydrogens is 324 g/mol. The lowest BCUT2D eigenvalue weighted by atomic mass is 9.91. The maximum atomic E-state index is 2.49. The van der Waals surface area contributed by atoms with E-state index in [-0.39, 0.29) is 0 Å². The first-order valence-corrected chi connectivity index (χ1v) is 10.8. The zero-order valence-corrected chi connectivity index (χ0v) is 16.7. The molecule has 0 saturated carbocycles. The Labute approximate surface area is 166 Å². The average Bonchev–Trinajstić information content (AvgIpc) is 2.76. The first-order valence-electron chi connectivity index (χ1n) is 10.8. The highest BCUT2D eigenvalue weighted by Crippen LogP contribution is 2.26. The van der Waals surface area contributed by atoms with Crippen LogP contribution >= 0.6 is 0 Å². The zero-order chi connectivity index (χ0) is 18.6. The zero-order valence-electron chi connectivity index (χ0n) is 16.7. The lowest BCUT2D eigenvalue weighted by Crippen LogP contribution is -1.96. The van der Waals surface area contributed by atoms with Crippen LogP contribution in [0.2, 0.25) is 0 Å². The summed E-state index contributed by atoms with van der Waals surface area (Å²) in [6.07, 6.45) is 19.9.